The van der Waals surface area contributed by atoms with E-state index in [2.05, 4.69) is 61.9 Å². The second kappa shape index (κ2) is 13.4. The molecule has 8 rings (SSSR count). The van der Waals surface area contributed by atoms with Crippen molar-refractivity contribution in [3.8, 4) is 36.1 Å². The van der Waals surface area contributed by atoms with Gasteiger partial charge in [0.25, 0.3) is 0 Å². The van der Waals surface area contributed by atoms with Crippen molar-refractivity contribution in [3.05, 3.63) is 106 Å². The smallest absolute Gasteiger partial charge is 0.194 e. The molecule has 0 unspecified atom stereocenters. The van der Waals surface area contributed by atoms with Crippen molar-refractivity contribution < 1.29 is 18.3 Å². The minimum Gasteiger partial charge on any atom is -0.400 e. The highest BCUT2D eigenvalue weighted by molar-refractivity contribution is 6.73. The molecule has 1 N–H and O–H groups in total. The molecular formula is C44H48F2N4O2Si. The van der Waals surface area contributed by atoms with Crippen LogP contribution in [0.1, 0.15) is 82.8 Å². The normalized spacial score (nSPS) is 26.8. The summed E-state index contributed by atoms with van der Waals surface area (Å²) in [6, 6.07) is 16.0. The van der Waals surface area contributed by atoms with Crippen LogP contribution in [0.2, 0.25) is 18.1 Å². The summed E-state index contributed by atoms with van der Waals surface area (Å²) in [5.74, 6) is 5.24. The fraction of sp³-hybridized carbons (Fsp3) is 0.409. The van der Waals surface area contributed by atoms with Gasteiger partial charge >= 0.3 is 0 Å². The van der Waals surface area contributed by atoms with Crippen LogP contribution in [0.25, 0.3) is 23.5 Å². The summed E-state index contributed by atoms with van der Waals surface area (Å²) in [6.07, 6.45) is 24.6. The fourth-order valence-electron chi connectivity index (χ4n) is 9.26. The summed E-state index contributed by atoms with van der Waals surface area (Å²) in [5, 5.41) is 19.9. The molecule has 2 heterocycles. The second-order valence-electron chi connectivity index (χ2n) is 15.6. The highest BCUT2D eigenvalue weighted by Crippen LogP contribution is 2.58. The van der Waals surface area contributed by atoms with Gasteiger partial charge in [-0.1, -0.05) is 57.6 Å². The van der Waals surface area contributed by atoms with Gasteiger partial charge in [0, 0.05) is 10.8 Å². The van der Waals surface area contributed by atoms with E-state index in [-0.39, 0.29) is 17.0 Å². The Morgan fingerprint density at radius 2 is 1.19 bits per heavy atom. The van der Waals surface area contributed by atoms with Gasteiger partial charge in [0.05, 0.1) is 35.2 Å². The lowest BCUT2D eigenvalue weighted by atomic mass is 9.67. The molecule has 2 aromatic heterocycles. The molecule has 4 aliphatic rings. The molecule has 0 aliphatic heterocycles. The highest BCUT2D eigenvalue weighted by Gasteiger charge is 2.59. The molecular weight excluding hydrogens is 683 g/mol. The molecule has 0 radical (unpaired) electrons. The SMILES string of the molecule is C#C[C@]1(O)CCC2=Cc3c(cnn3-c3ccc(F)cc3)C[C@@]21C.C#C[C@]1(O[Si](CC)(CC)CC)CCC2=Cc3c(cnn3-c3ccc(F)cc3)C[C@@]21C. The van der Waals surface area contributed by atoms with Crippen LogP contribution >= 0.6 is 0 Å². The molecule has 2 fully saturated rings. The first-order valence-corrected chi connectivity index (χ1v) is 21.3. The quantitative estimate of drug-likeness (QED) is 0.152. The number of aromatic nitrogens is 4. The van der Waals surface area contributed by atoms with E-state index in [0.29, 0.717) is 12.8 Å². The zero-order valence-electron chi connectivity index (χ0n) is 31.3. The number of fused-ring (bicyclic) bond motifs is 4. The molecule has 4 atom stereocenters. The topological polar surface area (TPSA) is 65.1 Å². The lowest BCUT2D eigenvalue weighted by Gasteiger charge is -2.47. The first kappa shape index (κ1) is 36.8. The molecule has 2 saturated carbocycles. The Hall–Kier alpha value is -4.54. The number of aliphatic hydroxyl groups is 1. The molecule has 2 aromatic carbocycles. The van der Waals surface area contributed by atoms with Crippen molar-refractivity contribution in [2.24, 2.45) is 10.8 Å². The number of hydrogen-bond donors (Lipinski definition) is 1. The molecule has 4 aliphatic carbocycles. The Morgan fingerprint density at radius 1 is 0.736 bits per heavy atom. The first-order chi connectivity index (χ1) is 25.3. The predicted octanol–water partition coefficient (Wildman–Crippen LogP) is 9.26. The maximum absolute atomic E-state index is 13.4. The second-order valence-corrected chi connectivity index (χ2v) is 20.3. The van der Waals surface area contributed by atoms with Gasteiger partial charge in [-0.25, -0.2) is 18.1 Å². The fourth-order valence-corrected chi connectivity index (χ4v) is 12.3. The van der Waals surface area contributed by atoms with Crippen molar-refractivity contribution >= 4 is 20.5 Å². The molecule has 0 spiro atoms. The maximum Gasteiger partial charge on any atom is 0.194 e. The summed E-state index contributed by atoms with van der Waals surface area (Å²) in [6.45, 7) is 11.1. The lowest BCUT2D eigenvalue weighted by Crippen LogP contribution is -2.54. The number of benzene rings is 2. The Morgan fingerprint density at radius 3 is 1.64 bits per heavy atom. The van der Waals surface area contributed by atoms with Gasteiger partial charge in [0.2, 0.25) is 0 Å². The largest absolute Gasteiger partial charge is 0.400 e. The van der Waals surface area contributed by atoms with Crippen LogP contribution in [0, 0.1) is 47.2 Å². The van der Waals surface area contributed by atoms with E-state index in [9.17, 15) is 13.9 Å². The molecule has 6 nitrogen and oxygen atoms in total. The molecule has 274 valence electrons. The van der Waals surface area contributed by atoms with Crippen LogP contribution in [0.3, 0.4) is 0 Å². The van der Waals surface area contributed by atoms with E-state index in [1.165, 1.54) is 35.4 Å². The van der Waals surface area contributed by atoms with Crippen molar-refractivity contribution in [1.29, 1.82) is 0 Å². The molecule has 4 aromatic rings. The van der Waals surface area contributed by atoms with Crippen molar-refractivity contribution in [2.75, 3.05) is 0 Å². The molecule has 0 saturated heterocycles. The average molecular weight is 731 g/mol. The third kappa shape index (κ3) is 5.76. The van der Waals surface area contributed by atoms with Crippen LogP contribution in [-0.2, 0) is 17.3 Å². The lowest BCUT2D eigenvalue weighted by molar-refractivity contribution is 0.0155. The number of halogens is 2. The van der Waals surface area contributed by atoms with Gasteiger partial charge in [-0.15, -0.1) is 12.8 Å². The maximum atomic E-state index is 13.4. The predicted molar refractivity (Wildman–Crippen MR) is 209 cm³/mol. The first-order valence-electron chi connectivity index (χ1n) is 18.8. The van der Waals surface area contributed by atoms with E-state index in [4.69, 9.17) is 17.3 Å². The summed E-state index contributed by atoms with van der Waals surface area (Å²) >= 11 is 0. The number of nitrogens with zero attached hydrogens (tertiary/aromatic N) is 4. The van der Waals surface area contributed by atoms with Crippen LogP contribution < -0.4 is 0 Å². The molecule has 9 heteroatoms. The Labute approximate surface area is 313 Å². The number of rotatable bonds is 7. The molecule has 0 bridgehead atoms. The van der Waals surface area contributed by atoms with E-state index < -0.39 is 24.9 Å². The van der Waals surface area contributed by atoms with Crippen LogP contribution in [0.5, 0.6) is 0 Å². The van der Waals surface area contributed by atoms with Crippen LogP contribution in [0.15, 0.2) is 72.1 Å². The standard InChI is InChI=1S/C25H31FN2OSi.C19H17FN2O/c1-6-25(29-30(7-2,8-3)9-4)15-14-20-16-23-19(17-24(20,25)5)18-27-28(23)22-12-10-21(26)11-13-22;1-3-19(23)9-8-14-10-17-13(11-18(14,19)2)12-21-22(17)16-6-4-15(20)5-7-16/h1,10-13,16,18H,7-9,14-15,17H2,2-5H3;1,4-7,10,12,23H,8-9,11H2,2H3/t24-,25-;18-,19-/m00/s1. The Bertz CT molecular complexity index is 2180. The highest BCUT2D eigenvalue weighted by atomic mass is 28.4. The third-order valence-electron chi connectivity index (χ3n) is 13.1. The van der Waals surface area contributed by atoms with Gasteiger partial charge in [-0.05, 0) is 128 Å². The summed E-state index contributed by atoms with van der Waals surface area (Å²) in [4.78, 5) is 0. The molecule has 53 heavy (non-hydrogen) atoms. The van der Waals surface area contributed by atoms with E-state index in [0.717, 1.165) is 77.7 Å². The van der Waals surface area contributed by atoms with E-state index in [1.807, 2.05) is 28.7 Å². The van der Waals surface area contributed by atoms with Crippen LogP contribution in [-0.4, -0.2) is 44.2 Å². The van der Waals surface area contributed by atoms with Gasteiger partial charge in [-0.2, -0.15) is 10.2 Å². The summed E-state index contributed by atoms with van der Waals surface area (Å²) in [5.41, 5.74) is 6.17. The number of terminal acetylenes is 2. The van der Waals surface area contributed by atoms with Gasteiger partial charge in [0.15, 0.2) is 8.32 Å². The molecule has 0 amide bonds. The summed E-state index contributed by atoms with van der Waals surface area (Å²) < 4.78 is 37.3. The number of hydrogen-bond acceptors (Lipinski definition) is 4. The van der Waals surface area contributed by atoms with E-state index >= 15 is 0 Å². The Balaban J connectivity index is 0.000000170. The van der Waals surface area contributed by atoms with Gasteiger partial charge in [0.1, 0.15) is 22.8 Å². The van der Waals surface area contributed by atoms with Crippen molar-refractivity contribution in [3.63, 3.8) is 0 Å². The zero-order valence-corrected chi connectivity index (χ0v) is 32.3. The minimum absolute atomic E-state index is 0.219. The minimum atomic E-state index is -1.87. The summed E-state index contributed by atoms with van der Waals surface area (Å²) in [7, 11) is -1.87. The zero-order chi connectivity index (χ0) is 37.8. The monoisotopic (exact) mass is 730 g/mol. The van der Waals surface area contributed by atoms with Crippen molar-refractivity contribution in [2.45, 2.75) is 102 Å². The average Bonchev–Trinajstić information content (AvgIpc) is 3.90. The van der Waals surface area contributed by atoms with Gasteiger partial charge in [-0.3, -0.25) is 0 Å². The third-order valence-corrected chi connectivity index (χ3v) is 17.8. The van der Waals surface area contributed by atoms with Gasteiger partial charge < -0.3 is 9.53 Å². The van der Waals surface area contributed by atoms with Crippen LogP contribution in [0.4, 0.5) is 8.78 Å². The van der Waals surface area contributed by atoms with E-state index in [1.54, 1.807) is 24.3 Å². The Kier molecular flexibility index (Phi) is 9.30. The van der Waals surface area contributed by atoms with Crippen molar-refractivity contribution in [1.82, 2.24) is 19.6 Å².